The van der Waals surface area contributed by atoms with E-state index in [4.69, 9.17) is 8.71 Å². The molecule has 0 bridgehead atoms. The van der Waals surface area contributed by atoms with Gasteiger partial charge in [-0.1, -0.05) is 11.2 Å². The van der Waals surface area contributed by atoms with Crippen molar-refractivity contribution < 1.29 is 13.5 Å². The summed E-state index contributed by atoms with van der Waals surface area (Å²) in [5.74, 6) is 0.330. The fraction of sp³-hybridized carbons (Fsp3) is 0.167. The van der Waals surface area contributed by atoms with E-state index in [0.717, 1.165) is 9.79 Å². The zero-order valence-corrected chi connectivity index (χ0v) is 12.5. The largest absolute Gasteiger partial charge is 0.370 e. The molecule has 0 atom stereocenters. The molecule has 0 fully saturated rings. The SMILES string of the molecule is CNc1cc(C(=O)NSc2cccc(SOC)c2)on1. The number of carbonyl (C=O) groups is 1. The molecule has 2 rings (SSSR count). The second-order valence-corrected chi connectivity index (χ2v) is 5.44. The Morgan fingerprint density at radius 3 is 2.85 bits per heavy atom. The first-order valence-electron chi connectivity index (χ1n) is 5.65. The Morgan fingerprint density at radius 1 is 1.35 bits per heavy atom. The van der Waals surface area contributed by atoms with Gasteiger partial charge in [0, 0.05) is 34.9 Å². The van der Waals surface area contributed by atoms with Crippen molar-refractivity contribution in [2.45, 2.75) is 9.79 Å². The Labute approximate surface area is 125 Å². The molecule has 0 radical (unpaired) electrons. The van der Waals surface area contributed by atoms with Gasteiger partial charge in [-0.2, -0.15) is 0 Å². The van der Waals surface area contributed by atoms with Crippen molar-refractivity contribution in [1.82, 2.24) is 9.88 Å². The maximum atomic E-state index is 11.8. The van der Waals surface area contributed by atoms with Gasteiger partial charge in [-0.3, -0.25) is 9.52 Å². The highest BCUT2D eigenvalue weighted by Gasteiger charge is 2.12. The molecule has 0 spiro atoms. The lowest BCUT2D eigenvalue weighted by molar-refractivity contribution is 0.0948. The molecule has 106 valence electrons. The van der Waals surface area contributed by atoms with Gasteiger partial charge in [0.1, 0.15) is 0 Å². The van der Waals surface area contributed by atoms with Gasteiger partial charge in [-0.05, 0) is 30.1 Å². The van der Waals surface area contributed by atoms with E-state index in [1.807, 2.05) is 24.3 Å². The normalized spacial score (nSPS) is 10.3. The lowest BCUT2D eigenvalue weighted by Crippen LogP contribution is -2.14. The number of rotatable bonds is 6. The molecule has 1 heterocycles. The van der Waals surface area contributed by atoms with Crippen LogP contribution in [0.2, 0.25) is 0 Å². The molecule has 1 aromatic carbocycles. The summed E-state index contributed by atoms with van der Waals surface area (Å²) >= 11 is 2.47. The summed E-state index contributed by atoms with van der Waals surface area (Å²) < 4.78 is 12.6. The molecule has 6 nitrogen and oxygen atoms in total. The van der Waals surface area contributed by atoms with Crippen molar-refractivity contribution >= 4 is 35.7 Å². The van der Waals surface area contributed by atoms with Gasteiger partial charge < -0.3 is 14.0 Å². The predicted octanol–water partition coefficient (Wildman–Crippen LogP) is 2.81. The number of amides is 1. The fourth-order valence-corrected chi connectivity index (χ4v) is 2.56. The summed E-state index contributed by atoms with van der Waals surface area (Å²) in [5, 5.41) is 6.46. The van der Waals surface area contributed by atoms with Crippen molar-refractivity contribution in [1.29, 1.82) is 0 Å². The van der Waals surface area contributed by atoms with Gasteiger partial charge >= 0.3 is 0 Å². The molecule has 1 aromatic heterocycles. The van der Waals surface area contributed by atoms with Gasteiger partial charge in [-0.15, -0.1) is 0 Å². The van der Waals surface area contributed by atoms with Gasteiger partial charge in [0.25, 0.3) is 5.91 Å². The second kappa shape index (κ2) is 7.22. The molecule has 0 aliphatic carbocycles. The van der Waals surface area contributed by atoms with Crippen LogP contribution in [0.15, 0.2) is 44.6 Å². The Hall–Kier alpha value is -1.64. The molecular weight excluding hydrogens is 298 g/mol. The zero-order chi connectivity index (χ0) is 14.4. The molecular formula is C12H13N3O3S2. The molecule has 8 heteroatoms. The second-order valence-electron chi connectivity index (χ2n) is 3.58. The Bertz CT molecular complexity index is 589. The molecule has 0 aliphatic rings. The number of nitrogens with one attached hydrogen (secondary N) is 2. The Morgan fingerprint density at radius 2 is 2.15 bits per heavy atom. The fourth-order valence-electron chi connectivity index (χ4n) is 1.34. The smallest absolute Gasteiger partial charge is 0.300 e. The first-order valence-corrected chi connectivity index (χ1v) is 7.21. The first-order chi connectivity index (χ1) is 9.72. The van der Waals surface area contributed by atoms with Crippen molar-refractivity contribution in [3.63, 3.8) is 0 Å². The number of hydrogen-bond acceptors (Lipinski definition) is 7. The minimum absolute atomic E-state index is 0.157. The highest BCUT2D eigenvalue weighted by molar-refractivity contribution is 7.98. The Kier molecular flexibility index (Phi) is 5.33. The summed E-state index contributed by atoms with van der Waals surface area (Å²) in [6, 6.07) is 9.16. The molecule has 0 unspecified atom stereocenters. The lowest BCUT2D eigenvalue weighted by Gasteiger charge is -2.03. The summed E-state index contributed by atoms with van der Waals surface area (Å²) in [6.07, 6.45) is 0. The summed E-state index contributed by atoms with van der Waals surface area (Å²) in [6.45, 7) is 0. The molecule has 0 saturated heterocycles. The van der Waals surface area contributed by atoms with E-state index in [1.165, 1.54) is 30.1 Å². The topological polar surface area (TPSA) is 76.4 Å². The monoisotopic (exact) mass is 311 g/mol. The van der Waals surface area contributed by atoms with Crippen LogP contribution in [0.1, 0.15) is 10.6 Å². The molecule has 0 saturated carbocycles. The standard InChI is InChI=1S/C12H13N3O3S2/c1-13-11-7-10(18-14-11)12(16)15-19-8-4-3-5-9(6-8)20-17-2/h3-7H,1-2H3,(H,13,14)(H,15,16). The quantitative estimate of drug-likeness (QED) is 0.627. The highest BCUT2D eigenvalue weighted by Crippen LogP contribution is 2.24. The molecule has 0 aliphatic heterocycles. The van der Waals surface area contributed by atoms with E-state index in [-0.39, 0.29) is 11.7 Å². The van der Waals surface area contributed by atoms with Crippen LogP contribution in [0.5, 0.6) is 0 Å². The van der Waals surface area contributed by atoms with Crippen LogP contribution in [0.25, 0.3) is 0 Å². The lowest BCUT2D eigenvalue weighted by atomic mass is 10.4. The van der Waals surface area contributed by atoms with E-state index in [2.05, 4.69) is 15.2 Å². The van der Waals surface area contributed by atoms with E-state index < -0.39 is 0 Å². The number of carbonyl (C=O) groups excluding carboxylic acids is 1. The van der Waals surface area contributed by atoms with Crippen molar-refractivity contribution in [3.05, 3.63) is 36.1 Å². The van der Waals surface area contributed by atoms with Crippen molar-refractivity contribution in [2.24, 2.45) is 0 Å². The van der Waals surface area contributed by atoms with Crippen molar-refractivity contribution in [2.75, 3.05) is 19.5 Å². The summed E-state index contributed by atoms with van der Waals surface area (Å²) in [7, 11) is 3.31. The average Bonchev–Trinajstić information content (AvgIpc) is 2.94. The minimum Gasteiger partial charge on any atom is -0.370 e. The van der Waals surface area contributed by atoms with Crippen LogP contribution in [0, 0.1) is 0 Å². The molecule has 2 aromatic rings. The zero-order valence-electron chi connectivity index (χ0n) is 10.9. The number of benzene rings is 1. The third-order valence-electron chi connectivity index (χ3n) is 2.24. The van der Waals surface area contributed by atoms with Crippen molar-refractivity contribution in [3.8, 4) is 0 Å². The Balaban J connectivity index is 1.94. The maximum Gasteiger partial charge on any atom is 0.300 e. The number of aromatic nitrogens is 1. The van der Waals surface area contributed by atoms with Gasteiger partial charge in [-0.25, -0.2) is 0 Å². The van der Waals surface area contributed by atoms with Gasteiger partial charge in [0.05, 0.1) is 7.11 Å². The maximum absolute atomic E-state index is 11.8. The number of anilines is 1. The van der Waals surface area contributed by atoms with Crippen LogP contribution < -0.4 is 10.0 Å². The summed E-state index contributed by atoms with van der Waals surface area (Å²) in [4.78, 5) is 13.7. The van der Waals surface area contributed by atoms with Crippen LogP contribution in [-0.2, 0) is 4.18 Å². The van der Waals surface area contributed by atoms with Crippen LogP contribution in [0.4, 0.5) is 5.82 Å². The summed E-state index contributed by atoms with van der Waals surface area (Å²) in [5.41, 5.74) is 0. The number of hydrogen-bond donors (Lipinski definition) is 2. The van der Waals surface area contributed by atoms with Crippen LogP contribution >= 0.6 is 24.0 Å². The van der Waals surface area contributed by atoms with Gasteiger partial charge in [0.15, 0.2) is 5.82 Å². The van der Waals surface area contributed by atoms with Crippen LogP contribution in [-0.4, -0.2) is 25.2 Å². The van der Waals surface area contributed by atoms with E-state index in [0.29, 0.717) is 5.82 Å². The van der Waals surface area contributed by atoms with E-state index in [9.17, 15) is 4.79 Å². The third kappa shape index (κ3) is 3.92. The van der Waals surface area contributed by atoms with Gasteiger partial charge in [0.2, 0.25) is 5.76 Å². The first kappa shape index (κ1) is 14.8. The van der Waals surface area contributed by atoms with E-state index >= 15 is 0 Å². The number of nitrogens with zero attached hydrogens (tertiary/aromatic N) is 1. The van der Waals surface area contributed by atoms with Crippen LogP contribution in [0.3, 0.4) is 0 Å². The minimum atomic E-state index is -0.339. The highest BCUT2D eigenvalue weighted by atomic mass is 32.2. The molecule has 2 N–H and O–H groups in total. The average molecular weight is 311 g/mol. The van der Waals surface area contributed by atoms with E-state index in [1.54, 1.807) is 14.2 Å². The third-order valence-corrected chi connectivity index (χ3v) is 3.63. The predicted molar refractivity (Wildman–Crippen MR) is 78.7 cm³/mol. The molecule has 1 amide bonds. The molecule has 20 heavy (non-hydrogen) atoms.